The molecule has 0 radical (unpaired) electrons. The van der Waals surface area contributed by atoms with Gasteiger partial charge in [0.05, 0.1) is 11.4 Å². The summed E-state index contributed by atoms with van der Waals surface area (Å²) < 4.78 is 4.29. The monoisotopic (exact) mass is 352 g/mol. The zero-order chi connectivity index (χ0) is 19.1. The molecule has 4 heteroatoms. The van der Waals surface area contributed by atoms with Crippen LogP contribution >= 0.6 is 0 Å². The minimum absolute atomic E-state index is 0.378. The van der Waals surface area contributed by atoms with Crippen LogP contribution in [-0.4, -0.2) is 19.1 Å². The fourth-order valence-corrected chi connectivity index (χ4v) is 3.12. The third-order valence-electron chi connectivity index (χ3n) is 4.70. The molecule has 0 aliphatic heterocycles. The summed E-state index contributed by atoms with van der Waals surface area (Å²) >= 11 is 0. The Morgan fingerprint density at radius 2 is 1.69 bits per heavy atom. The van der Waals surface area contributed by atoms with Crippen molar-refractivity contribution in [2.24, 2.45) is 7.05 Å². The molecule has 0 spiro atoms. The summed E-state index contributed by atoms with van der Waals surface area (Å²) in [6, 6.07) is 0. The first kappa shape index (κ1) is 20.0. The van der Waals surface area contributed by atoms with E-state index in [1.807, 2.05) is 19.2 Å². The van der Waals surface area contributed by atoms with Crippen molar-refractivity contribution in [1.29, 1.82) is 0 Å². The van der Waals surface area contributed by atoms with E-state index in [0.717, 1.165) is 42.4 Å². The van der Waals surface area contributed by atoms with Crippen molar-refractivity contribution in [3.05, 3.63) is 60.2 Å². The van der Waals surface area contributed by atoms with Crippen LogP contribution in [0.15, 0.2) is 37.2 Å². The zero-order valence-corrected chi connectivity index (χ0v) is 16.8. The molecule has 0 aromatic carbocycles. The van der Waals surface area contributed by atoms with E-state index in [0.29, 0.717) is 11.8 Å². The Labute approximate surface area is 158 Å². The van der Waals surface area contributed by atoms with Crippen molar-refractivity contribution in [1.82, 2.24) is 19.1 Å². The summed E-state index contributed by atoms with van der Waals surface area (Å²) in [4.78, 5) is 9.62. The molecule has 0 aliphatic carbocycles. The van der Waals surface area contributed by atoms with Crippen LogP contribution in [0.25, 0.3) is 12.2 Å². The van der Waals surface area contributed by atoms with Crippen LogP contribution in [-0.2, 0) is 13.6 Å². The molecule has 0 aliphatic rings. The summed E-state index contributed by atoms with van der Waals surface area (Å²) in [5.74, 6) is 2.78. The van der Waals surface area contributed by atoms with Crippen molar-refractivity contribution < 1.29 is 0 Å². The quantitative estimate of drug-likeness (QED) is 0.554. The molecule has 2 rings (SSSR count). The molecule has 26 heavy (non-hydrogen) atoms. The smallest absolute Gasteiger partial charge is 0.132 e. The van der Waals surface area contributed by atoms with Crippen LogP contribution < -0.4 is 0 Å². The molecule has 0 amide bonds. The molecular formula is C22H32N4. The fourth-order valence-electron chi connectivity index (χ4n) is 3.12. The average molecular weight is 353 g/mol. The molecule has 140 valence electrons. The van der Waals surface area contributed by atoms with Crippen LogP contribution in [0.1, 0.15) is 75.4 Å². The standard InChI is InChI=1S/C22H32N4/c1-7-10-12-21-23-19(15-25(21)6)17(4)14-18(5)20-16-26(9-3)22(24-20)13-11-8-2/h7,10-13,15-18H,1,8-9,14H2,2-6H3/b12-10-,13-11-. The predicted molar refractivity (Wildman–Crippen MR) is 111 cm³/mol. The van der Waals surface area contributed by atoms with Gasteiger partial charge in [-0.3, -0.25) is 0 Å². The number of nitrogens with zero attached hydrogens (tertiary/aromatic N) is 4. The molecule has 2 aromatic heterocycles. The molecule has 0 saturated carbocycles. The SMILES string of the molecule is C=C/C=C\c1nc(C(C)CC(C)c2cn(CC)c(/C=C\CC)n2)cn1C. The maximum Gasteiger partial charge on any atom is 0.132 e. The number of hydrogen-bond donors (Lipinski definition) is 0. The number of rotatable bonds is 9. The first-order chi connectivity index (χ1) is 12.5. The predicted octanol–water partition coefficient (Wildman–Crippen LogP) is 5.56. The van der Waals surface area contributed by atoms with Crippen LogP contribution in [0.4, 0.5) is 0 Å². The van der Waals surface area contributed by atoms with E-state index in [-0.39, 0.29) is 0 Å². The van der Waals surface area contributed by atoms with E-state index >= 15 is 0 Å². The third-order valence-corrected chi connectivity index (χ3v) is 4.70. The molecule has 2 unspecified atom stereocenters. The average Bonchev–Trinajstić information content (AvgIpc) is 3.21. The molecule has 0 saturated heterocycles. The summed E-state index contributed by atoms with van der Waals surface area (Å²) in [6.45, 7) is 13.5. The van der Waals surface area contributed by atoms with E-state index in [4.69, 9.17) is 9.97 Å². The van der Waals surface area contributed by atoms with Crippen LogP contribution in [0.2, 0.25) is 0 Å². The van der Waals surface area contributed by atoms with Gasteiger partial charge in [0.2, 0.25) is 0 Å². The topological polar surface area (TPSA) is 35.6 Å². The van der Waals surface area contributed by atoms with Gasteiger partial charge in [-0.1, -0.05) is 45.6 Å². The van der Waals surface area contributed by atoms with Crippen molar-refractivity contribution >= 4 is 12.2 Å². The summed E-state index contributed by atoms with van der Waals surface area (Å²) in [6.07, 6.45) is 16.3. The first-order valence-electron chi connectivity index (χ1n) is 9.56. The Morgan fingerprint density at radius 1 is 1.04 bits per heavy atom. The molecule has 0 bridgehead atoms. The number of aromatic nitrogens is 4. The van der Waals surface area contributed by atoms with Crippen molar-refractivity contribution in [2.75, 3.05) is 0 Å². The van der Waals surface area contributed by atoms with Gasteiger partial charge in [-0.25, -0.2) is 9.97 Å². The molecule has 0 fully saturated rings. The highest BCUT2D eigenvalue weighted by atomic mass is 15.1. The minimum atomic E-state index is 0.378. The largest absolute Gasteiger partial charge is 0.334 e. The van der Waals surface area contributed by atoms with Crippen LogP contribution in [0, 0.1) is 0 Å². The highest BCUT2D eigenvalue weighted by Crippen LogP contribution is 2.29. The van der Waals surface area contributed by atoms with Gasteiger partial charge < -0.3 is 9.13 Å². The first-order valence-corrected chi connectivity index (χ1v) is 9.56. The Balaban J connectivity index is 2.12. The van der Waals surface area contributed by atoms with Crippen molar-refractivity contribution in [3.8, 4) is 0 Å². The van der Waals surface area contributed by atoms with Gasteiger partial charge in [0, 0.05) is 37.8 Å². The van der Waals surface area contributed by atoms with Gasteiger partial charge in [0.1, 0.15) is 11.6 Å². The molecule has 2 atom stereocenters. The van der Waals surface area contributed by atoms with Crippen LogP contribution in [0.3, 0.4) is 0 Å². The van der Waals surface area contributed by atoms with E-state index in [1.165, 1.54) is 0 Å². The Hall–Kier alpha value is -2.36. The zero-order valence-electron chi connectivity index (χ0n) is 16.8. The maximum absolute atomic E-state index is 4.86. The second-order valence-electron chi connectivity index (χ2n) is 6.89. The van der Waals surface area contributed by atoms with E-state index < -0.39 is 0 Å². The van der Waals surface area contributed by atoms with E-state index in [9.17, 15) is 0 Å². The molecule has 2 aromatic rings. The normalized spacial score (nSPS) is 14.3. The Morgan fingerprint density at radius 3 is 2.31 bits per heavy atom. The molecular weight excluding hydrogens is 320 g/mol. The van der Waals surface area contributed by atoms with Crippen molar-refractivity contribution in [2.45, 2.75) is 58.9 Å². The lowest BCUT2D eigenvalue weighted by Gasteiger charge is -2.13. The molecule has 0 N–H and O–H groups in total. The number of aryl methyl sites for hydroxylation is 2. The lowest BCUT2D eigenvalue weighted by molar-refractivity contribution is 0.574. The number of hydrogen-bond acceptors (Lipinski definition) is 2. The summed E-state index contributed by atoms with van der Waals surface area (Å²) in [5, 5.41) is 0. The Kier molecular flexibility index (Phi) is 7.19. The highest BCUT2D eigenvalue weighted by Gasteiger charge is 2.18. The lowest BCUT2D eigenvalue weighted by Crippen LogP contribution is -2.02. The van der Waals surface area contributed by atoms with Gasteiger partial charge in [-0.15, -0.1) is 0 Å². The third kappa shape index (κ3) is 4.84. The van der Waals surface area contributed by atoms with E-state index in [2.05, 4.69) is 68.0 Å². The lowest BCUT2D eigenvalue weighted by atomic mass is 9.93. The fraction of sp³-hybridized carbons (Fsp3) is 0.455. The molecule has 2 heterocycles. The minimum Gasteiger partial charge on any atom is -0.334 e. The van der Waals surface area contributed by atoms with Gasteiger partial charge >= 0.3 is 0 Å². The summed E-state index contributed by atoms with van der Waals surface area (Å²) in [5.41, 5.74) is 2.29. The number of allylic oxidation sites excluding steroid dienone is 3. The molecule has 4 nitrogen and oxygen atoms in total. The van der Waals surface area contributed by atoms with E-state index in [1.54, 1.807) is 6.08 Å². The summed E-state index contributed by atoms with van der Waals surface area (Å²) in [7, 11) is 2.03. The van der Waals surface area contributed by atoms with Crippen LogP contribution in [0.5, 0.6) is 0 Å². The van der Waals surface area contributed by atoms with Gasteiger partial charge in [-0.05, 0) is 31.9 Å². The van der Waals surface area contributed by atoms with Gasteiger partial charge in [0.25, 0.3) is 0 Å². The second-order valence-corrected chi connectivity index (χ2v) is 6.89. The maximum atomic E-state index is 4.86. The van der Waals surface area contributed by atoms with Crippen molar-refractivity contribution in [3.63, 3.8) is 0 Å². The second kappa shape index (κ2) is 9.37. The van der Waals surface area contributed by atoms with Gasteiger partial charge in [-0.2, -0.15) is 0 Å². The highest BCUT2D eigenvalue weighted by molar-refractivity contribution is 5.44. The Bertz CT molecular complexity index is 776. The number of imidazole rings is 2. The van der Waals surface area contributed by atoms with Gasteiger partial charge in [0.15, 0.2) is 0 Å².